The highest BCUT2D eigenvalue weighted by Crippen LogP contribution is 2.27. The molecule has 1 saturated carbocycles. The van der Waals surface area contributed by atoms with Gasteiger partial charge in [-0.25, -0.2) is 0 Å². The van der Waals surface area contributed by atoms with Crippen LogP contribution in [0.25, 0.3) is 0 Å². The number of nitrogens with one attached hydrogen (secondary N) is 1. The van der Waals surface area contributed by atoms with E-state index in [2.05, 4.69) is 24.4 Å². The summed E-state index contributed by atoms with van der Waals surface area (Å²) < 4.78 is 0. The van der Waals surface area contributed by atoms with Crippen molar-refractivity contribution in [1.82, 2.24) is 5.32 Å². The SMILES string of the molecule is CCC(NCc1ccc(CO)cc1)C1CCCCC1. The Morgan fingerprint density at radius 1 is 1.11 bits per heavy atom. The van der Waals surface area contributed by atoms with Crippen molar-refractivity contribution < 1.29 is 5.11 Å². The molecule has 19 heavy (non-hydrogen) atoms. The Bertz CT molecular complexity index is 354. The Labute approximate surface area is 117 Å². The van der Waals surface area contributed by atoms with Gasteiger partial charge in [0.15, 0.2) is 0 Å². The lowest BCUT2D eigenvalue weighted by Crippen LogP contribution is -2.36. The van der Waals surface area contributed by atoms with Gasteiger partial charge in [-0.2, -0.15) is 0 Å². The van der Waals surface area contributed by atoms with Crippen molar-refractivity contribution >= 4 is 0 Å². The highest BCUT2D eigenvalue weighted by molar-refractivity contribution is 5.21. The highest BCUT2D eigenvalue weighted by atomic mass is 16.3. The first-order valence-electron chi connectivity index (χ1n) is 7.75. The second-order valence-electron chi connectivity index (χ2n) is 5.77. The maximum absolute atomic E-state index is 9.04. The topological polar surface area (TPSA) is 32.3 Å². The van der Waals surface area contributed by atoms with Crippen molar-refractivity contribution in [3.05, 3.63) is 35.4 Å². The van der Waals surface area contributed by atoms with Gasteiger partial charge < -0.3 is 10.4 Å². The molecule has 1 fully saturated rings. The van der Waals surface area contributed by atoms with Crippen molar-refractivity contribution in [3.63, 3.8) is 0 Å². The zero-order valence-electron chi connectivity index (χ0n) is 12.1. The van der Waals surface area contributed by atoms with Crippen LogP contribution < -0.4 is 5.32 Å². The summed E-state index contributed by atoms with van der Waals surface area (Å²) in [5.41, 5.74) is 2.30. The molecule has 2 rings (SSSR count). The lowest BCUT2D eigenvalue weighted by molar-refractivity contribution is 0.261. The Balaban J connectivity index is 1.84. The molecule has 106 valence electrons. The molecule has 1 atom stereocenters. The van der Waals surface area contributed by atoms with Gasteiger partial charge in [0.05, 0.1) is 6.61 Å². The van der Waals surface area contributed by atoms with Gasteiger partial charge in [-0.3, -0.25) is 0 Å². The number of hydrogen-bond donors (Lipinski definition) is 2. The third-order valence-electron chi connectivity index (χ3n) is 4.43. The summed E-state index contributed by atoms with van der Waals surface area (Å²) in [4.78, 5) is 0. The molecule has 1 unspecified atom stereocenters. The van der Waals surface area contributed by atoms with E-state index in [1.54, 1.807) is 0 Å². The van der Waals surface area contributed by atoms with Gasteiger partial charge in [0.1, 0.15) is 0 Å². The van der Waals surface area contributed by atoms with Crippen LogP contribution >= 0.6 is 0 Å². The fourth-order valence-electron chi connectivity index (χ4n) is 3.19. The molecule has 1 aliphatic rings. The average Bonchev–Trinajstić information content (AvgIpc) is 2.49. The summed E-state index contributed by atoms with van der Waals surface area (Å²) in [6.07, 6.45) is 8.26. The van der Waals surface area contributed by atoms with E-state index in [-0.39, 0.29) is 6.61 Å². The van der Waals surface area contributed by atoms with Crippen LogP contribution in [0, 0.1) is 5.92 Å². The number of benzene rings is 1. The fraction of sp³-hybridized carbons (Fsp3) is 0.647. The van der Waals surface area contributed by atoms with Gasteiger partial charge in [-0.1, -0.05) is 50.5 Å². The molecule has 1 aromatic rings. The number of aliphatic hydroxyl groups is 1. The molecule has 2 heteroatoms. The molecule has 0 radical (unpaired) electrons. The number of rotatable bonds is 6. The minimum absolute atomic E-state index is 0.132. The Hall–Kier alpha value is -0.860. The Morgan fingerprint density at radius 2 is 1.74 bits per heavy atom. The molecule has 0 aromatic heterocycles. The van der Waals surface area contributed by atoms with Gasteiger partial charge in [-0.05, 0) is 36.3 Å². The predicted molar refractivity (Wildman–Crippen MR) is 79.9 cm³/mol. The van der Waals surface area contributed by atoms with Crippen LogP contribution in [0.5, 0.6) is 0 Å². The first kappa shape index (κ1) is 14.5. The molecule has 0 amide bonds. The van der Waals surface area contributed by atoms with Gasteiger partial charge in [0.2, 0.25) is 0 Å². The first-order chi connectivity index (χ1) is 9.33. The molecule has 0 aliphatic heterocycles. The third kappa shape index (κ3) is 4.32. The molecule has 0 spiro atoms. The van der Waals surface area contributed by atoms with Crippen molar-refractivity contribution in [2.45, 2.75) is 64.6 Å². The number of hydrogen-bond acceptors (Lipinski definition) is 2. The third-order valence-corrected chi connectivity index (χ3v) is 4.43. The monoisotopic (exact) mass is 261 g/mol. The van der Waals surface area contributed by atoms with E-state index >= 15 is 0 Å². The molecule has 1 aliphatic carbocycles. The van der Waals surface area contributed by atoms with Gasteiger partial charge in [0.25, 0.3) is 0 Å². The fourth-order valence-corrected chi connectivity index (χ4v) is 3.19. The summed E-state index contributed by atoms with van der Waals surface area (Å²) >= 11 is 0. The van der Waals surface area contributed by atoms with E-state index in [0.717, 1.165) is 18.0 Å². The van der Waals surface area contributed by atoms with Crippen molar-refractivity contribution in [2.24, 2.45) is 5.92 Å². The van der Waals surface area contributed by atoms with E-state index in [1.165, 1.54) is 44.1 Å². The summed E-state index contributed by atoms with van der Waals surface area (Å²) in [6.45, 7) is 3.37. The van der Waals surface area contributed by atoms with E-state index in [1.807, 2.05) is 12.1 Å². The maximum Gasteiger partial charge on any atom is 0.0681 e. The minimum atomic E-state index is 0.132. The quantitative estimate of drug-likeness (QED) is 0.819. The van der Waals surface area contributed by atoms with E-state index in [9.17, 15) is 0 Å². The van der Waals surface area contributed by atoms with Gasteiger partial charge >= 0.3 is 0 Å². The standard InChI is InChI=1S/C17H27NO/c1-2-17(16-6-4-3-5-7-16)18-12-14-8-10-15(13-19)11-9-14/h8-11,16-19H,2-7,12-13H2,1H3. The lowest BCUT2D eigenvalue weighted by atomic mass is 9.83. The van der Waals surface area contributed by atoms with E-state index in [0.29, 0.717) is 6.04 Å². The molecular formula is C17H27NO. The molecule has 1 aromatic carbocycles. The summed E-state index contributed by atoms with van der Waals surface area (Å²) in [5, 5.41) is 12.8. The molecule has 2 nitrogen and oxygen atoms in total. The zero-order valence-corrected chi connectivity index (χ0v) is 12.1. The summed E-state index contributed by atoms with van der Waals surface area (Å²) in [6, 6.07) is 8.92. The lowest BCUT2D eigenvalue weighted by Gasteiger charge is -2.30. The van der Waals surface area contributed by atoms with Crippen molar-refractivity contribution in [3.8, 4) is 0 Å². The van der Waals surface area contributed by atoms with Crippen LogP contribution in [-0.4, -0.2) is 11.1 Å². The Morgan fingerprint density at radius 3 is 2.32 bits per heavy atom. The number of aliphatic hydroxyl groups excluding tert-OH is 1. The van der Waals surface area contributed by atoms with Gasteiger partial charge in [-0.15, -0.1) is 0 Å². The predicted octanol–water partition coefficient (Wildman–Crippen LogP) is 3.63. The van der Waals surface area contributed by atoms with Crippen molar-refractivity contribution in [1.29, 1.82) is 0 Å². The van der Waals surface area contributed by atoms with Crippen molar-refractivity contribution in [2.75, 3.05) is 0 Å². The van der Waals surface area contributed by atoms with E-state index in [4.69, 9.17) is 5.11 Å². The first-order valence-corrected chi connectivity index (χ1v) is 7.75. The van der Waals surface area contributed by atoms with Crippen LogP contribution in [0.1, 0.15) is 56.6 Å². The zero-order chi connectivity index (χ0) is 13.5. The van der Waals surface area contributed by atoms with Crippen LogP contribution in [0.3, 0.4) is 0 Å². The molecule has 0 heterocycles. The van der Waals surface area contributed by atoms with Crippen LogP contribution in [0.2, 0.25) is 0 Å². The summed E-state index contributed by atoms with van der Waals surface area (Å²) in [7, 11) is 0. The van der Waals surface area contributed by atoms with Gasteiger partial charge in [0, 0.05) is 12.6 Å². The van der Waals surface area contributed by atoms with E-state index < -0.39 is 0 Å². The second-order valence-corrected chi connectivity index (χ2v) is 5.77. The van der Waals surface area contributed by atoms with Crippen LogP contribution in [0.15, 0.2) is 24.3 Å². The minimum Gasteiger partial charge on any atom is -0.392 e. The van der Waals surface area contributed by atoms with Crippen LogP contribution in [-0.2, 0) is 13.2 Å². The second kappa shape index (κ2) is 7.66. The highest BCUT2D eigenvalue weighted by Gasteiger charge is 2.21. The normalized spacial score (nSPS) is 18.4. The molecule has 2 N–H and O–H groups in total. The largest absolute Gasteiger partial charge is 0.392 e. The molecule has 0 bridgehead atoms. The summed E-state index contributed by atoms with van der Waals surface area (Å²) in [5.74, 6) is 0.871. The smallest absolute Gasteiger partial charge is 0.0681 e. The Kier molecular flexibility index (Phi) is 5.87. The molecule has 0 saturated heterocycles. The average molecular weight is 261 g/mol. The maximum atomic E-state index is 9.04. The molecular weight excluding hydrogens is 234 g/mol. The van der Waals surface area contributed by atoms with Crippen LogP contribution in [0.4, 0.5) is 0 Å².